The summed E-state index contributed by atoms with van der Waals surface area (Å²) >= 11 is 0. The molecule has 0 aliphatic heterocycles. The summed E-state index contributed by atoms with van der Waals surface area (Å²) in [6.45, 7) is 0. The Morgan fingerprint density at radius 1 is 0.926 bits per heavy atom. The number of esters is 1. The predicted octanol–water partition coefficient (Wildman–Crippen LogP) is 4.27. The first kappa shape index (κ1) is 16.7. The fourth-order valence-electron chi connectivity index (χ4n) is 2.69. The van der Waals surface area contributed by atoms with Crippen LogP contribution in [0, 0.1) is 0 Å². The second-order valence-electron chi connectivity index (χ2n) is 5.70. The highest BCUT2D eigenvalue weighted by molar-refractivity contribution is 5.93. The Balaban J connectivity index is 1.86. The minimum absolute atomic E-state index is 0.325. The molecule has 6 nitrogen and oxygen atoms in total. The van der Waals surface area contributed by atoms with E-state index in [1.807, 2.05) is 36.4 Å². The first-order valence-electron chi connectivity index (χ1n) is 8.28. The molecule has 132 valence electrons. The molecule has 0 aliphatic rings. The van der Waals surface area contributed by atoms with Crippen LogP contribution in [0.2, 0.25) is 0 Å². The number of carbonyl (C=O) groups is 1. The second kappa shape index (κ2) is 7.21. The van der Waals surface area contributed by atoms with Crippen LogP contribution in [0.1, 0.15) is 10.4 Å². The van der Waals surface area contributed by atoms with Gasteiger partial charge in [0, 0.05) is 18.0 Å². The molecule has 0 unspecified atom stereocenters. The quantitative estimate of drug-likeness (QED) is 0.508. The van der Waals surface area contributed by atoms with Crippen LogP contribution >= 0.6 is 0 Å². The van der Waals surface area contributed by atoms with Crippen molar-refractivity contribution in [3.05, 3.63) is 78.6 Å². The Labute approximate surface area is 155 Å². The SMILES string of the molecule is COC(=O)c1ccccc1Oc1nc(-c2cccnc2)nc2ccccc12. The van der Waals surface area contributed by atoms with Gasteiger partial charge in [0.05, 0.1) is 18.0 Å². The summed E-state index contributed by atoms with van der Waals surface area (Å²) in [6.07, 6.45) is 3.38. The number of rotatable bonds is 4. The van der Waals surface area contributed by atoms with Crippen LogP contribution in [0.3, 0.4) is 0 Å². The van der Waals surface area contributed by atoms with Crippen molar-refractivity contribution in [2.75, 3.05) is 7.11 Å². The molecule has 2 heterocycles. The standard InChI is InChI=1S/C21H15N3O3/c1-26-21(25)16-9-3-5-11-18(16)27-20-15-8-2-4-10-17(15)23-19(24-20)14-7-6-12-22-13-14/h2-13H,1H3. The smallest absolute Gasteiger partial charge is 0.341 e. The maximum absolute atomic E-state index is 12.0. The van der Waals surface area contributed by atoms with Crippen molar-refractivity contribution < 1.29 is 14.3 Å². The highest BCUT2D eigenvalue weighted by Crippen LogP contribution is 2.31. The number of para-hydroxylation sites is 2. The van der Waals surface area contributed by atoms with E-state index in [0.717, 1.165) is 16.5 Å². The molecule has 0 amide bonds. The van der Waals surface area contributed by atoms with Gasteiger partial charge >= 0.3 is 5.97 Å². The third-order valence-corrected chi connectivity index (χ3v) is 3.99. The van der Waals surface area contributed by atoms with E-state index in [4.69, 9.17) is 9.47 Å². The van der Waals surface area contributed by atoms with Crippen LogP contribution in [0.5, 0.6) is 11.6 Å². The van der Waals surface area contributed by atoms with Gasteiger partial charge < -0.3 is 9.47 Å². The van der Waals surface area contributed by atoms with Crippen molar-refractivity contribution >= 4 is 16.9 Å². The summed E-state index contributed by atoms with van der Waals surface area (Å²) in [5.41, 5.74) is 1.83. The fraction of sp³-hybridized carbons (Fsp3) is 0.0476. The first-order valence-corrected chi connectivity index (χ1v) is 8.28. The number of nitrogens with zero attached hydrogens (tertiary/aromatic N) is 3. The molecule has 0 radical (unpaired) electrons. The van der Waals surface area contributed by atoms with E-state index in [-0.39, 0.29) is 0 Å². The summed E-state index contributed by atoms with van der Waals surface area (Å²) in [7, 11) is 1.33. The molecule has 0 aliphatic carbocycles. The molecule has 2 aromatic heterocycles. The van der Waals surface area contributed by atoms with Crippen molar-refractivity contribution in [3.8, 4) is 23.0 Å². The maximum Gasteiger partial charge on any atom is 0.341 e. The number of fused-ring (bicyclic) bond motifs is 1. The van der Waals surface area contributed by atoms with Gasteiger partial charge in [0.15, 0.2) is 5.82 Å². The van der Waals surface area contributed by atoms with Gasteiger partial charge in [0.2, 0.25) is 5.88 Å². The molecule has 0 N–H and O–H groups in total. The third kappa shape index (κ3) is 3.32. The highest BCUT2D eigenvalue weighted by atomic mass is 16.5. The van der Waals surface area contributed by atoms with E-state index in [9.17, 15) is 4.79 Å². The van der Waals surface area contributed by atoms with Gasteiger partial charge in [0.1, 0.15) is 11.3 Å². The minimum Gasteiger partial charge on any atom is -0.465 e. The van der Waals surface area contributed by atoms with Crippen LogP contribution in [-0.4, -0.2) is 28.0 Å². The summed E-state index contributed by atoms with van der Waals surface area (Å²) in [6, 6.07) is 18.1. The van der Waals surface area contributed by atoms with Gasteiger partial charge in [-0.25, -0.2) is 9.78 Å². The number of aromatic nitrogens is 3. The minimum atomic E-state index is -0.476. The monoisotopic (exact) mass is 357 g/mol. The lowest BCUT2D eigenvalue weighted by atomic mass is 10.2. The molecule has 6 heteroatoms. The van der Waals surface area contributed by atoms with Crippen LogP contribution in [0.25, 0.3) is 22.3 Å². The topological polar surface area (TPSA) is 74.2 Å². The van der Waals surface area contributed by atoms with Gasteiger partial charge in [0.25, 0.3) is 0 Å². The number of carbonyl (C=O) groups excluding carboxylic acids is 1. The number of ether oxygens (including phenoxy) is 2. The van der Waals surface area contributed by atoms with E-state index >= 15 is 0 Å². The molecule has 0 spiro atoms. The van der Waals surface area contributed by atoms with Gasteiger partial charge in [-0.15, -0.1) is 0 Å². The normalized spacial score (nSPS) is 10.6. The van der Waals surface area contributed by atoms with Crippen LogP contribution in [-0.2, 0) is 4.74 Å². The Morgan fingerprint density at radius 2 is 1.74 bits per heavy atom. The van der Waals surface area contributed by atoms with Crippen LogP contribution in [0.4, 0.5) is 0 Å². The molecule has 0 bridgehead atoms. The first-order chi connectivity index (χ1) is 13.3. The highest BCUT2D eigenvalue weighted by Gasteiger charge is 2.16. The number of methoxy groups -OCH3 is 1. The lowest BCUT2D eigenvalue weighted by molar-refractivity contribution is 0.0598. The lowest BCUT2D eigenvalue weighted by Crippen LogP contribution is -2.04. The van der Waals surface area contributed by atoms with Gasteiger partial charge in [-0.1, -0.05) is 24.3 Å². The molecule has 2 aromatic carbocycles. The molecule has 0 saturated heterocycles. The Morgan fingerprint density at radius 3 is 2.56 bits per heavy atom. The van der Waals surface area contributed by atoms with Crippen molar-refractivity contribution in [2.45, 2.75) is 0 Å². The summed E-state index contributed by atoms with van der Waals surface area (Å²) in [5.74, 6) is 0.741. The summed E-state index contributed by atoms with van der Waals surface area (Å²) in [5, 5.41) is 0.741. The Hall–Kier alpha value is -3.80. The molecule has 0 atom stereocenters. The number of hydrogen-bond acceptors (Lipinski definition) is 6. The zero-order valence-electron chi connectivity index (χ0n) is 14.5. The summed E-state index contributed by atoms with van der Waals surface area (Å²) in [4.78, 5) is 25.3. The van der Waals surface area contributed by atoms with Gasteiger partial charge in [-0.3, -0.25) is 4.98 Å². The maximum atomic E-state index is 12.0. The Bertz CT molecular complexity index is 1110. The fourth-order valence-corrected chi connectivity index (χ4v) is 2.69. The average Bonchev–Trinajstić information content (AvgIpc) is 2.74. The molecular weight excluding hydrogens is 342 g/mol. The van der Waals surface area contributed by atoms with E-state index in [2.05, 4.69) is 15.0 Å². The average molecular weight is 357 g/mol. The van der Waals surface area contributed by atoms with E-state index < -0.39 is 5.97 Å². The summed E-state index contributed by atoms with van der Waals surface area (Å²) < 4.78 is 10.9. The predicted molar refractivity (Wildman–Crippen MR) is 101 cm³/mol. The zero-order valence-corrected chi connectivity index (χ0v) is 14.5. The van der Waals surface area contributed by atoms with E-state index in [0.29, 0.717) is 23.0 Å². The number of pyridine rings is 1. The largest absolute Gasteiger partial charge is 0.465 e. The molecule has 4 rings (SSSR count). The third-order valence-electron chi connectivity index (χ3n) is 3.99. The van der Waals surface area contributed by atoms with E-state index in [1.165, 1.54) is 7.11 Å². The number of hydrogen-bond donors (Lipinski definition) is 0. The van der Waals surface area contributed by atoms with Crippen molar-refractivity contribution in [3.63, 3.8) is 0 Å². The van der Waals surface area contributed by atoms with Crippen molar-refractivity contribution in [1.29, 1.82) is 0 Å². The second-order valence-corrected chi connectivity index (χ2v) is 5.70. The van der Waals surface area contributed by atoms with E-state index in [1.54, 1.807) is 36.7 Å². The lowest BCUT2D eigenvalue weighted by Gasteiger charge is -2.12. The molecular formula is C21H15N3O3. The van der Waals surface area contributed by atoms with Gasteiger partial charge in [-0.05, 0) is 36.4 Å². The Kier molecular flexibility index (Phi) is 4.45. The van der Waals surface area contributed by atoms with Crippen molar-refractivity contribution in [2.24, 2.45) is 0 Å². The molecule has 0 fully saturated rings. The van der Waals surface area contributed by atoms with Crippen LogP contribution in [0.15, 0.2) is 73.1 Å². The van der Waals surface area contributed by atoms with Crippen molar-refractivity contribution in [1.82, 2.24) is 15.0 Å². The van der Waals surface area contributed by atoms with Gasteiger partial charge in [-0.2, -0.15) is 4.98 Å². The molecule has 0 saturated carbocycles. The number of benzene rings is 2. The molecule has 4 aromatic rings. The molecule has 27 heavy (non-hydrogen) atoms. The zero-order chi connectivity index (χ0) is 18.6. The van der Waals surface area contributed by atoms with Crippen LogP contribution < -0.4 is 4.74 Å².